The molecule has 5 rings (SSSR count). The minimum Gasteiger partial charge on any atom is -0.489 e. The summed E-state index contributed by atoms with van der Waals surface area (Å²) in [4.78, 5) is 47.5. The average molecular weight is 797 g/mol. The zero-order valence-corrected chi connectivity index (χ0v) is 32.5. The Kier molecular flexibility index (Phi) is 15.6. The number of ether oxygens (including phenoxy) is 5. The first-order valence-corrected chi connectivity index (χ1v) is 19.1. The Morgan fingerprint density at radius 3 is 1.51 bits per heavy atom. The lowest BCUT2D eigenvalue weighted by Gasteiger charge is -2.10. The lowest BCUT2D eigenvalue weighted by atomic mass is 10.0. The van der Waals surface area contributed by atoms with Crippen molar-refractivity contribution >= 4 is 56.8 Å². The van der Waals surface area contributed by atoms with Crippen LogP contribution in [0.2, 0.25) is 0 Å². The quantitative estimate of drug-likeness (QED) is 0.0284. The van der Waals surface area contributed by atoms with E-state index >= 15 is 0 Å². The first kappa shape index (κ1) is 41.5. The maximum Gasteiger partial charge on any atom is 0.372 e. The summed E-state index contributed by atoms with van der Waals surface area (Å²) < 4.78 is 25.9. The highest BCUT2D eigenvalue weighted by atomic mass is 32.2. The first-order chi connectivity index (χ1) is 27.7. The van der Waals surface area contributed by atoms with E-state index in [2.05, 4.69) is 49.0 Å². The van der Waals surface area contributed by atoms with Crippen LogP contribution in [0.25, 0.3) is 10.8 Å². The molecule has 0 aromatic heterocycles. The molecule has 57 heavy (non-hydrogen) atoms. The van der Waals surface area contributed by atoms with Crippen molar-refractivity contribution < 1.29 is 42.9 Å². The van der Waals surface area contributed by atoms with E-state index in [1.54, 1.807) is 24.3 Å². The molecule has 5 aromatic carbocycles. The highest BCUT2D eigenvalue weighted by Gasteiger charge is 2.09. The number of aryl methyl sites for hydroxylation is 1. The monoisotopic (exact) mass is 796 g/mol. The topological polar surface area (TPSA) is 114 Å². The summed E-state index contributed by atoms with van der Waals surface area (Å²) in [7, 11) is 0. The highest BCUT2D eigenvalue weighted by molar-refractivity contribution is 8.13. The molecular formula is C46H36O9S2. The Bertz CT molecular complexity index is 2400. The van der Waals surface area contributed by atoms with E-state index in [-0.39, 0.29) is 26.4 Å². The number of rotatable bonds is 13. The van der Waals surface area contributed by atoms with Crippen LogP contribution < -0.4 is 4.74 Å². The summed E-state index contributed by atoms with van der Waals surface area (Å²) in [5.74, 6) is 12.3. The van der Waals surface area contributed by atoms with E-state index in [1.807, 2.05) is 73.7 Å². The lowest BCUT2D eigenvalue weighted by molar-refractivity contribution is -0.139. The van der Waals surface area contributed by atoms with Gasteiger partial charge in [-0.2, -0.15) is 0 Å². The molecule has 0 amide bonds. The smallest absolute Gasteiger partial charge is 0.372 e. The molecule has 5 aromatic rings. The normalized spacial score (nSPS) is 10.1. The van der Waals surface area contributed by atoms with E-state index in [4.69, 9.17) is 23.7 Å². The molecule has 286 valence electrons. The van der Waals surface area contributed by atoms with Crippen molar-refractivity contribution in [3.05, 3.63) is 162 Å². The third-order valence-corrected chi connectivity index (χ3v) is 9.30. The van der Waals surface area contributed by atoms with Crippen molar-refractivity contribution in [3.8, 4) is 29.4 Å². The van der Waals surface area contributed by atoms with Crippen molar-refractivity contribution in [3.63, 3.8) is 0 Å². The minimum atomic E-state index is -0.569. The Morgan fingerprint density at radius 1 is 0.544 bits per heavy atom. The van der Waals surface area contributed by atoms with E-state index in [0.717, 1.165) is 85.6 Å². The maximum absolute atomic E-state index is 12.0. The molecule has 0 aliphatic rings. The fourth-order valence-corrected chi connectivity index (χ4v) is 6.13. The molecule has 0 bridgehead atoms. The first-order valence-electron chi connectivity index (χ1n) is 17.5. The van der Waals surface area contributed by atoms with Gasteiger partial charge in [-0.15, -0.1) is 0 Å². The number of hydrogen-bond acceptors (Lipinski definition) is 11. The van der Waals surface area contributed by atoms with E-state index in [0.29, 0.717) is 16.4 Å². The number of carbonyl (C=O) groups is 4. The maximum atomic E-state index is 12.0. The second-order valence-corrected chi connectivity index (χ2v) is 13.9. The fourth-order valence-electron chi connectivity index (χ4n) is 4.92. The van der Waals surface area contributed by atoms with Crippen LogP contribution >= 0.6 is 23.5 Å². The standard InChI is InChI=1S/C46H36O9S2/c1-4-43(47)51-24-26-53-45(49)56-40-19-12-33(13-20-40)6-8-35-16-23-42(32(3)28-35)55-31-37-11-18-38-29-36(10-17-39(38)30-37)9-7-34-14-21-41(22-15-34)57-46(50)54-27-25-52-44(48)5-2/h4-5,10-23,28-30H,1-2,24-27,31H2,3H3. The van der Waals surface area contributed by atoms with Crippen LogP contribution in [0.1, 0.15) is 33.4 Å². The average Bonchev–Trinajstić information content (AvgIpc) is 3.22. The molecule has 0 atom stereocenters. The van der Waals surface area contributed by atoms with Gasteiger partial charge in [-0.05, 0) is 137 Å². The van der Waals surface area contributed by atoms with Gasteiger partial charge in [0.25, 0.3) is 0 Å². The van der Waals surface area contributed by atoms with Crippen LogP contribution in [-0.4, -0.2) is 49.0 Å². The fraction of sp³-hybridized carbons (Fsp3) is 0.130. The summed E-state index contributed by atoms with van der Waals surface area (Å²) in [5, 5.41) is 1.15. The van der Waals surface area contributed by atoms with Gasteiger partial charge in [-0.3, -0.25) is 0 Å². The molecule has 0 spiro atoms. The number of carbonyl (C=O) groups excluding carboxylic acids is 4. The van der Waals surface area contributed by atoms with Gasteiger partial charge in [0.1, 0.15) is 38.8 Å². The van der Waals surface area contributed by atoms with Gasteiger partial charge in [0.2, 0.25) is 0 Å². The third-order valence-electron chi connectivity index (χ3n) is 7.72. The molecule has 0 saturated heterocycles. The lowest BCUT2D eigenvalue weighted by Crippen LogP contribution is -2.09. The van der Waals surface area contributed by atoms with Gasteiger partial charge in [0.05, 0.1) is 0 Å². The van der Waals surface area contributed by atoms with Crippen LogP contribution in [0, 0.1) is 30.6 Å². The molecule has 0 saturated carbocycles. The summed E-state index contributed by atoms with van der Waals surface area (Å²) in [5.41, 5.74) is 5.32. The largest absolute Gasteiger partial charge is 0.489 e. The van der Waals surface area contributed by atoms with Crippen molar-refractivity contribution in [2.24, 2.45) is 0 Å². The number of esters is 2. The van der Waals surface area contributed by atoms with Crippen LogP contribution in [-0.2, 0) is 35.1 Å². The summed E-state index contributed by atoms with van der Waals surface area (Å²) in [6.45, 7) is 8.87. The van der Waals surface area contributed by atoms with Gasteiger partial charge in [-0.1, -0.05) is 55.0 Å². The molecule has 0 fully saturated rings. The predicted octanol–water partition coefficient (Wildman–Crippen LogP) is 9.44. The Labute approximate surface area is 339 Å². The van der Waals surface area contributed by atoms with Gasteiger partial charge < -0.3 is 23.7 Å². The third kappa shape index (κ3) is 13.9. The van der Waals surface area contributed by atoms with E-state index in [1.165, 1.54) is 0 Å². The molecular weight excluding hydrogens is 761 g/mol. The Morgan fingerprint density at radius 2 is 0.982 bits per heavy atom. The van der Waals surface area contributed by atoms with E-state index in [9.17, 15) is 19.2 Å². The van der Waals surface area contributed by atoms with Crippen molar-refractivity contribution in [1.29, 1.82) is 0 Å². The summed E-state index contributed by atoms with van der Waals surface area (Å²) >= 11 is 1.88. The van der Waals surface area contributed by atoms with Gasteiger partial charge >= 0.3 is 22.5 Å². The molecule has 9 nitrogen and oxygen atoms in total. The molecule has 0 N–H and O–H groups in total. The number of benzene rings is 5. The van der Waals surface area contributed by atoms with Crippen molar-refractivity contribution in [2.45, 2.75) is 23.3 Å². The predicted molar refractivity (Wildman–Crippen MR) is 221 cm³/mol. The molecule has 0 aliphatic carbocycles. The summed E-state index contributed by atoms with van der Waals surface area (Å²) in [6.07, 6.45) is 2.09. The van der Waals surface area contributed by atoms with Gasteiger partial charge in [0, 0.05) is 44.2 Å². The molecule has 0 radical (unpaired) electrons. The van der Waals surface area contributed by atoms with Crippen LogP contribution in [0.15, 0.2) is 138 Å². The summed E-state index contributed by atoms with van der Waals surface area (Å²) in [6, 6.07) is 32.6. The molecule has 0 aliphatic heterocycles. The highest BCUT2D eigenvalue weighted by Crippen LogP contribution is 2.24. The van der Waals surface area contributed by atoms with Crippen LogP contribution in [0.5, 0.6) is 5.75 Å². The van der Waals surface area contributed by atoms with Gasteiger partial charge in [0.15, 0.2) is 0 Å². The van der Waals surface area contributed by atoms with Crippen LogP contribution in [0.3, 0.4) is 0 Å². The van der Waals surface area contributed by atoms with Crippen molar-refractivity contribution in [1.82, 2.24) is 0 Å². The van der Waals surface area contributed by atoms with E-state index < -0.39 is 22.5 Å². The minimum absolute atomic E-state index is 0.0308. The molecule has 11 heteroatoms. The van der Waals surface area contributed by atoms with Crippen LogP contribution in [0.4, 0.5) is 9.59 Å². The van der Waals surface area contributed by atoms with Crippen molar-refractivity contribution in [2.75, 3.05) is 26.4 Å². The SMILES string of the molecule is C=CC(=O)OCCOC(=O)Sc1ccc(C#Cc2ccc(OCc3ccc4cc(C#Cc5ccc(SC(=O)OCCOC(=O)C=C)cc5)ccc4c3)c(C)c2)cc1. The van der Waals surface area contributed by atoms with Gasteiger partial charge in [-0.25, -0.2) is 19.2 Å². The molecule has 0 unspecified atom stereocenters. The zero-order chi connectivity index (χ0) is 40.4. The zero-order valence-electron chi connectivity index (χ0n) is 30.9. The number of thioether (sulfide) groups is 2. The number of hydrogen-bond donors (Lipinski definition) is 0. The number of fused-ring (bicyclic) bond motifs is 1. The second-order valence-electron chi connectivity index (χ2n) is 11.9. The Balaban J connectivity index is 1.08. The Hall–Kier alpha value is -6.66. The molecule has 0 heterocycles. The second kappa shape index (κ2) is 21.4.